The smallest absolute Gasteiger partial charge is 0.251 e. The first-order valence-electron chi connectivity index (χ1n) is 9.95. The van der Waals surface area contributed by atoms with Gasteiger partial charge in [0.25, 0.3) is 5.91 Å². The number of aromatic nitrogens is 2. The van der Waals surface area contributed by atoms with Crippen LogP contribution in [0.2, 0.25) is 0 Å². The van der Waals surface area contributed by atoms with E-state index in [1.807, 2.05) is 24.3 Å². The van der Waals surface area contributed by atoms with Gasteiger partial charge in [-0.1, -0.05) is 31.1 Å². The molecule has 0 unspecified atom stereocenters. The van der Waals surface area contributed by atoms with Gasteiger partial charge in [-0.2, -0.15) is 4.98 Å². The number of nitrogens with zero attached hydrogens (tertiary/aromatic N) is 2. The zero-order valence-electron chi connectivity index (χ0n) is 16.0. The molecule has 1 aromatic heterocycles. The highest BCUT2D eigenvalue weighted by Gasteiger charge is 2.30. The van der Waals surface area contributed by atoms with Crippen molar-refractivity contribution in [2.75, 3.05) is 6.61 Å². The number of hydrogen-bond donors (Lipinski definition) is 1. The van der Waals surface area contributed by atoms with Gasteiger partial charge < -0.3 is 14.6 Å². The van der Waals surface area contributed by atoms with Crippen LogP contribution in [0.4, 0.5) is 0 Å². The van der Waals surface area contributed by atoms with Gasteiger partial charge in [-0.05, 0) is 50.2 Å². The zero-order chi connectivity index (χ0) is 18.8. The molecule has 0 spiro atoms. The minimum absolute atomic E-state index is 0.0574. The topological polar surface area (TPSA) is 77.3 Å². The standard InChI is InChI=1S/C21H27N3O3/c1-13(2)10-18-12-17(8-9-26-18)22-20(25)16-5-3-4-15(11-16)19-23-21(27-24-19)14-6-7-14/h3-5,11,13-14,17-18H,6-10,12H2,1-2H3,(H,22,25)/t17-,18+/m1/s1. The number of hydrogen-bond acceptors (Lipinski definition) is 5. The van der Waals surface area contributed by atoms with E-state index in [-0.39, 0.29) is 18.1 Å². The average molecular weight is 369 g/mol. The Morgan fingerprint density at radius 1 is 1.30 bits per heavy atom. The highest BCUT2D eigenvalue weighted by atomic mass is 16.5. The second-order valence-electron chi connectivity index (χ2n) is 8.13. The van der Waals surface area contributed by atoms with Crippen molar-refractivity contribution >= 4 is 5.91 Å². The lowest BCUT2D eigenvalue weighted by Gasteiger charge is -2.31. The second-order valence-corrected chi connectivity index (χ2v) is 8.13. The van der Waals surface area contributed by atoms with E-state index in [2.05, 4.69) is 29.3 Å². The van der Waals surface area contributed by atoms with E-state index in [1.165, 1.54) is 0 Å². The highest BCUT2D eigenvalue weighted by molar-refractivity contribution is 5.95. The number of ether oxygens (including phenoxy) is 1. The predicted octanol–water partition coefficient (Wildman–Crippen LogP) is 3.94. The highest BCUT2D eigenvalue weighted by Crippen LogP contribution is 2.39. The van der Waals surface area contributed by atoms with Crippen molar-refractivity contribution in [1.82, 2.24) is 15.5 Å². The molecule has 1 aliphatic heterocycles. The molecular formula is C21H27N3O3. The Bertz CT molecular complexity index is 797. The van der Waals surface area contributed by atoms with Crippen LogP contribution in [-0.4, -0.2) is 34.8 Å². The fraction of sp³-hybridized carbons (Fsp3) is 0.571. The predicted molar refractivity (Wildman–Crippen MR) is 101 cm³/mol. The van der Waals surface area contributed by atoms with Crippen LogP contribution in [-0.2, 0) is 4.74 Å². The van der Waals surface area contributed by atoms with Crippen molar-refractivity contribution in [3.05, 3.63) is 35.7 Å². The van der Waals surface area contributed by atoms with Crippen LogP contribution in [0.25, 0.3) is 11.4 Å². The molecule has 1 saturated carbocycles. The van der Waals surface area contributed by atoms with Gasteiger partial charge in [0.1, 0.15) is 0 Å². The summed E-state index contributed by atoms with van der Waals surface area (Å²) in [5.41, 5.74) is 1.43. The molecule has 144 valence electrons. The Balaban J connectivity index is 1.41. The fourth-order valence-corrected chi connectivity index (χ4v) is 3.62. The van der Waals surface area contributed by atoms with E-state index in [0.29, 0.717) is 35.7 Å². The van der Waals surface area contributed by atoms with Crippen molar-refractivity contribution in [2.24, 2.45) is 5.92 Å². The summed E-state index contributed by atoms with van der Waals surface area (Å²) in [7, 11) is 0. The van der Waals surface area contributed by atoms with Crippen LogP contribution < -0.4 is 5.32 Å². The third kappa shape index (κ3) is 4.56. The lowest BCUT2D eigenvalue weighted by Crippen LogP contribution is -2.42. The molecule has 0 bridgehead atoms. The molecule has 1 amide bonds. The van der Waals surface area contributed by atoms with Gasteiger partial charge in [0.05, 0.1) is 6.10 Å². The number of rotatable bonds is 6. The minimum atomic E-state index is -0.0574. The van der Waals surface area contributed by atoms with Crippen LogP contribution in [0.3, 0.4) is 0 Å². The average Bonchev–Trinajstić information content (AvgIpc) is 3.38. The van der Waals surface area contributed by atoms with Gasteiger partial charge in [-0.15, -0.1) is 0 Å². The van der Waals surface area contributed by atoms with Gasteiger partial charge in [-0.25, -0.2) is 0 Å². The van der Waals surface area contributed by atoms with Crippen LogP contribution >= 0.6 is 0 Å². The number of carbonyl (C=O) groups excluding carboxylic acids is 1. The van der Waals surface area contributed by atoms with Gasteiger partial charge in [-0.3, -0.25) is 4.79 Å². The summed E-state index contributed by atoms with van der Waals surface area (Å²) in [5.74, 6) is 2.22. The lowest BCUT2D eigenvalue weighted by molar-refractivity contribution is -0.00846. The molecule has 27 heavy (non-hydrogen) atoms. The van der Waals surface area contributed by atoms with Gasteiger partial charge in [0.15, 0.2) is 0 Å². The summed E-state index contributed by atoms with van der Waals surface area (Å²) >= 11 is 0. The van der Waals surface area contributed by atoms with E-state index < -0.39 is 0 Å². The van der Waals surface area contributed by atoms with E-state index >= 15 is 0 Å². The minimum Gasteiger partial charge on any atom is -0.378 e. The van der Waals surface area contributed by atoms with E-state index in [9.17, 15) is 4.79 Å². The second kappa shape index (κ2) is 7.80. The summed E-state index contributed by atoms with van der Waals surface area (Å²) < 4.78 is 11.2. The molecule has 2 aliphatic rings. The molecule has 1 saturated heterocycles. The summed E-state index contributed by atoms with van der Waals surface area (Å²) in [6.07, 6.45) is 5.23. The first kappa shape index (κ1) is 18.2. The normalized spacial score (nSPS) is 22.8. The maximum absolute atomic E-state index is 12.7. The molecule has 1 aliphatic carbocycles. The zero-order valence-corrected chi connectivity index (χ0v) is 16.0. The number of benzene rings is 1. The van der Waals surface area contributed by atoms with Crippen LogP contribution in [0.1, 0.15) is 68.1 Å². The number of amides is 1. The number of nitrogens with one attached hydrogen (secondary N) is 1. The summed E-state index contributed by atoms with van der Waals surface area (Å²) in [4.78, 5) is 17.2. The Hall–Kier alpha value is -2.21. The van der Waals surface area contributed by atoms with E-state index in [4.69, 9.17) is 9.26 Å². The van der Waals surface area contributed by atoms with Crippen molar-refractivity contribution in [1.29, 1.82) is 0 Å². The van der Waals surface area contributed by atoms with E-state index in [1.54, 1.807) is 0 Å². The maximum atomic E-state index is 12.7. The van der Waals surface area contributed by atoms with Gasteiger partial charge >= 0.3 is 0 Å². The quantitative estimate of drug-likeness (QED) is 0.834. The largest absolute Gasteiger partial charge is 0.378 e. The molecule has 6 nitrogen and oxygen atoms in total. The lowest BCUT2D eigenvalue weighted by atomic mass is 9.96. The molecule has 1 N–H and O–H groups in total. The van der Waals surface area contributed by atoms with Crippen molar-refractivity contribution in [3.63, 3.8) is 0 Å². The molecule has 1 aromatic carbocycles. The van der Waals surface area contributed by atoms with Crippen LogP contribution in [0.15, 0.2) is 28.8 Å². The summed E-state index contributed by atoms with van der Waals surface area (Å²) in [6.45, 7) is 5.10. The molecular weight excluding hydrogens is 342 g/mol. The van der Waals surface area contributed by atoms with Gasteiger partial charge in [0.2, 0.25) is 11.7 Å². The molecule has 2 fully saturated rings. The van der Waals surface area contributed by atoms with Crippen molar-refractivity contribution in [3.8, 4) is 11.4 Å². The third-order valence-corrected chi connectivity index (χ3v) is 5.19. The molecule has 6 heteroatoms. The van der Waals surface area contributed by atoms with Crippen LogP contribution in [0.5, 0.6) is 0 Å². The molecule has 0 radical (unpaired) electrons. The first-order chi connectivity index (χ1) is 13.1. The monoisotopic (exact) mass is 369 g/mol. The SMILES string of the molecule is CC(C)C[C@H]1C[C@H](NC(=O)c2cccc(-c3noc(C4CC4)n3)c2)CCO1. The van der Waals surface area contributed by atoms with Crippen molar-refractivity contribution in [2.45, 2.75) is 64.0 Å². The summed E-state index contributed by atoms with van der Waals surface area (Å²) in [6, 6.07) is 7.59. The summed E-state index contributed by atoms with van der Waals surface area (Å²) in [5, 5.41) is 7.23. The van der Waals surface area contributed by atoms with Crippen LogP contribution in [0, 0.1) is 5.92 Å². The van der Waals surface area contributed by atoms with Crippen molar-refractivity contribution < 1.29 is 14.1 Å². The Morgan fingerprint density at radius 3 is 2.93 bits per heavy atom. The molecule has 2 heterocycles. The molecule has 2 aromatic rings. The Morgan fingerprint density at radius 2 is 2.15 bits per heavy atom. The van der Waals surface area contributed by atoms with Gasteiger partial charge in [0, 0.05) is 29.7 Å². The Kier molecular flexibility index (Phi) is 5.25. The Labute approximate surface area is 159 Å². The maximum Gasteiger partial charge on any atom is 0.251 e. The third-order valence-electron chi connectivity index (χ3n) is 5.19. The number of carbonyl (C=O) groups is 1. The molecule has 2 atom stereocenters. The fourth-order valence-electron chi connectivity index (χ4n) is 3.62. The van der Waals surface area contributed by atoms with E-state index in [0.717, 1.165) is 37.7 Å². The first-order valence-corrected chi connectivity index (χ1v) is 9.95. The molecule has 4 rings (SSSR count).